The number of anilines is 1. The average molecular weight is 331 g/mol. The summed E-state index contributed by atoms with van der Waals surface area (Å²) in [6.45, 7) is 6.30. The number of amides is 1. The van der Waals surface area contributed by atoms with Crippen LogP contribution in [0.5, 0.6) is 5.88 Å². The highest BCUT2D eigenvalue weighted by Crippen LogP contribution is 2.24. The minimum Gasteiger partial charge on any atom is -0.478 e. The normalized spacial score (nSPS) is 15.3. The summed E-state index contributed by atoms with van der Waals surface area (Å²) in [5.41, 5.74) is 1.20. The summed E-state index contributed by atoms with van der Waals surface area (Å²) in [5.74, 6) is 1.75. The van der Waals surface area contributed by atoms with E-state index >= 15 is 0 Å². The molecule has 0 atom stereocenters. The van der Waals surface area contributed by atoms with Gasteiger partial charge in [0.2, 0.25) is 0 Å². The molecule has 1 saturated heterocycles. The van der Waals surface area contributed by atoms with Crippen molar-refractivity contribution in [2.75, 3.05) is 38.2 Å². The Labute approximate surface area is 140 Å². The second-order valence-corrected chi connectivity index (χ2v) is 5.72. The van der Waals surface area contributed by atoms with Gasteiger partial charge in [-0.15, -0.1) is 0 Å². The van der Waals surface area contributed by atoms with Gasteiger partial charge in [-0.3, -0.25) is 4.79 Å². The molecule has 2 aromatic rings. The Bertz CT molecular complexity index is 711. The van der Waals surface area contributed by atoms with Gasteiger partial charge in [0, 0.05) is 38.6 Å². The van der Waals surface area contributed by atoms with Crippen LogP contribution < -0.4 is 9.64 Å². The topological polar surface area (TPSA) is 84.6 Å². The van der Waals surface area contributed by atoms with Gasteiger partial charge < -0.3 is 19.1 Å². The maximum atomic E-state index is 12.8. The molecule has 0 radical (unpaired) electrons. The number of rotatable bonds is 3. The van der Waals surface area contributed by atoms with Gasteiger partial charge in [0.25, 0.3) is 11.8 Å². The quantitative estimate of drug-likeness (QED) is 0.841. The van der Waals surface area contributed by atoms with E-state index in [-0.39, 0.29) is 5.91 Å². The summed E-state index contributed by atoms with van der Waals surface area (Å²) in [5, 5.41) is 3.87. The van der Waals surface area contributed by atoms with Crippen molar-refractivity contribution in [2.45, 2.75) is 20.3 Å². The predicted molar refractivity (Wildman–Crippen MR) is 87.3 cm³/mol. The van der Waals surface area contributed by atoms with Crippen molar-refractivity contribution in [3.63, 3.8) is 0 Å². The standard InChI is InChI=1S/C16H21N5O3/c1-11-13(12(2)24-19-11)16(22)21-8-4-7-20(9-10-21)14-15(23-3)18-6-5-17-14/h5-6H,4,7-10H2,1-3H3. The lowest BCUT2D eigenvalue weighted by atomic mass is 10.1. The molecule has 0 bridgehead atoms. The highest BCUT2D eigenvalue weighted by Gasteiger charge is 2.26. The first kappa shape index (κ1) is 16.2. The van der Waals surface area contributed by atoms with E-state index in [2.05, 4.69) is 20.0 Å². The van der Waals surface area contributed by atoms with Crippen LogP contribution in [-0.4, -0.2) is 59.2 Å². The molecule has 0 aromatic carbocycles. The van der Waals surface area contributed by atoms with Crippen molar-refractivity contribution in [1.82, 2.24) is 20.0 Å². The van der Waals surface area contributed by atoms with Crippen LogP contribution in [0, 0.1) is 13.8 Å². The first-order valence-corrected chi connectivity index (χ1v) is 7.94. The third kappa shape index (κ3) is 3.04. The summed E-state index contributed by atoms with van der Waals surface area (Å²) in [6, 6.07) is 0. The smallest absolute Gasteiger partial charge is 0.259 e. The minimum absolute atomic E-state index is 0.0285. The maximum Gasteiger partial charge on any atom is 0.259 e. The highest BCUT2D eigenvalue weighted by molar-refractivity contribution is 5.96. The number of hydrogen-bond donors (Lipinski definition) is 0. The van der Waals surface area contributed by atoms with Crippen LogP contribution in [-0.2, 0) is 0 Å². The molecular weight excluding hydrogens is 310 g/mol. The first-order valence-electron chi connectivity index (χ1n) is 7.94. The Balaban J connectivity index is 1.75. The number of hydrogen-bond acceptors (Lipinski definition) is 7. The van der Waals surface area contributed by atoms with Crippen LogP contribution in [0.25, 0.3) is 0 Å². The molecule has 1 aliphatic heterocycles. The molecule has 128 valence electrons. The molecule has 0 spiro atoms. The van der Waals surface area contributed by atoms with Crippen molar-refractivity contribution < 1.29 is 14.1 Å². The van der Waals surface area contributed by atoms with Crippen molar-refractivity contribution in [1.29, 1.82) is 0 Å². The number of ether oxygens (including phenoxy) is 1. The van der Waals surface area contributed by atoms with Gasteiger partial charge in [0.05, 0.1) is 12.8 Å². The molecule has 0 aliphatic carbocycles. The largest absolute Gasteiger partial charge is 0.478 e. The molecule has 1 fully saturated rings. The minimum atomic E-state index is -0.0285. The fourth-order valence-electron chi connectivity index (χ4n) is 2.96. The van der Waals surface area contributed by atoms with Gasteiger partial charge in [-0.05, 0) is 20.3 Å². The zero-order valence-corrected chi connectivity index (χ0v) is 14.2. The Morgan fingerprint density at radius 2 is 1.96 bits per heavy atom. The van der Waals surface area contributed by atoms with Gasteiger partial charge in [0.1, 0.15) is 11.3 Å². The van der Waals surface area contributed by atoms with E-state index < -0.39 is 0 Å². The zero-order valence-electron chi connectivity index (χ0n) is 14.2. The van der Waals surface area contributed by atoms with Crippen molar-refractivity contribution in [3.8, 4) is 5.88 Å². The van der Waals surface area contributed by atoms with E-state index in [1.807, 2.05) is 4.90 Å². The zero-order chi connectivity index (χ0) is 17.1. The van der Waals surface area contributed by atoms with Gasteiger partial charge in [-0.1, -0.05) is 5.16 Å². The van der Waals surface area contributed by atoms with Crippen LogP contribution in [0.15, 0.2) is 16.9 Å². The lowest BCUT2D eigenvalue weighted by Gasteiger charge is -2.23. The van der Waals surface area contributed by atoms with E-state index in [0.717, 1.165) is 13.0 Å². The molecule has 1 amide bonds. The second-order valence-electron chi connectivity index (χ2n) is 5.72. The van der Waals surface area contributed by atoms with Gasteiger partial charge in [-0.25, -0.2) is 9.97 Å². The van der Waals surface area contributed by atoms with Crippen molar-refractivity contribution in [2.24, 2.45) is 0 Å². The number of carbonyl (C=O) groups is 1. The average Bonchev–Trinajstić information content (AvgIpc) is 2.80. The summed E-state index contributed by atoms with van der Waals surface area (Å²) >= 11 is 0. The van der Waals surface area contributed by atoms with E-state index in [0.29, 0.717) is 48.3 Å². The van der Waals surface area contributed by atoms with E-state index in [9.17, 15) is 4.79 Å². The van der Waals surface area contributed by atoms with Crippen LogP contribution in [0.1, 0.15) is 28.2 Å². The Kier molecular flexibility index (Phi) is 4.64. The molecule has 0 saturated carbocycles. The third-order valence-electron chi connectivity index (χ3n) is 4.17. The number of methoxy groups -OCH3 is 1. The first-order chi connectivity index (χ1) is 11.6. The van der Waals surface area contributed by atoms with Gasteiger partial charge in [-0.2, -0.15) is 0 Å². The number of aromatic nitrogens is 3. The molecular formula is C16H21N5O3. The van der Waals surface area contributed by atoms with Crippen LogP contribution in [0.3, 0.4) is 0 Å². The third-order valence-corrected chi connectivity index (χ3v) is 4.17. The van der Waals surface area contributed by atoms with E-state index in [4.69, 9.17) is 9.26 Å². The fraction of sp³-hybridized carbons (Fsp3) is 0.500. The van der Waals surface area contributed by atoms with Crippen molar-refractivity contribution >= 4 is 11.7 Å². The maximum absolute atomic E-state index is 12.8. The van der Waals surface area contributed by atoms with Crippen LogP contribution in [0.4, 0.5) is 5.82 Å². The monoisotopic (exact) mass is 331 g/mol. The summed E-state index contributed by atoms with van der Waals surface area (Å²) < 4.78 is 10.4. The number of aryl methyl sites for hydroxylation is 2. The molecule has 3 heterocycles. The van der Waals surface area contributed by atoms with Gasteiger partial charge in [0.15, 0.2) is 5.82 Å². The molecule has 8 nitrogen and oxygen atoms in total. The summed E-state index contributed by atoms with van der Waals surface area (Å²) in [6.07, 6.45) is 4.10. The molecule has 24 heavy (non-hydrogen) atoms. The summed E-state index contributed by atoms with van der Waals surface area (Å²) in [4.78, 5) is 25.3. The number of nitrogens with zero attached hydrogens (tertiary/aromatic N) is 5. The number of carbonyl (C=O) groups excluding carboxylic acids is 1. The van der Waals surface area contributed by atoms with Gasteiger partial charge >= 0.3 is 0 Å². The van der Waals surface area contributed by atoms with E-state index in [1.54, 1.807) is 33.4 Å². The van der Waals surface area contributed by atoms with Crippen LogP contribution in [0.2, 0.25) is 0 Å². The molecule has 2 aromatic heterocycles. The van der Waals surface area contributed by atoms with Crippen LogP contribution >= 0.6 is 0 Å². The SMILES string of the molecule is COc1nccnc1N1CCCN(C(=O)c2c(C)noc2C)CC1. The lowest BCUT2D eigenvalue weighted by molar-refractivity contribution is 0.0764. The molecule has 0 unspecified atom stereocenters. The Morgan fingerprint density at radius 1 is 1.17 bits per heavy atom. The summed E-state index contributed by atoms with van der Waals surface area (Å²) in [7, 11) is 1.58. The molecule has 0 N–H and O–H groups in total. The molecule has 3 rings (SSSR count). The fourth-order valence-corrected chi connectivity index (χ4v) is 2.96. The predicted octanol–water partition coefficient (Wildman–Crippen LogP) is 1.44. The lowest BCUT2D eigenvalue weighted by Crippen LogP contribution is -2.36. The molecule has 1 aliphatic rings. The highest BCUT2D eigenvalue weighted by atomic mass is 16.5. The Hall–Kier alpha value is -2.64. The van der Waals surface area contributed by atoms with Crippen molar-refractivity contribution in [3.05, 3.63) is 29.4 Å². The second kappa shape index (κ2) is 6.86. The Morgan fingerprint density at radius 3 is 2.67 bits per heavy atom. The van der Waals surface area contributed by atoms with E-state index in [1.165, 1.54) is 0 Å². The molecule has 8 heteroatoms.